The fourth-order valence-electron chi connectivity index (χ4n) is 3.65. The molecule has 1 N–H and O–H groups in total. The first kappa shape index (κ1) is 15.4. The second-order valence-corrected chi connectivity index (χ2v) is 7.05. The molecular weight excluding hydrogens is 256 g/mol. The van der Waals surface area contributed by atoms with Gasteiger partial charge in [-0.1, -0.05) is 40.7 Å². The zero-order valence-electron chi connectivity index (χ0n) is 13.3. The molecule has 20 heavy (non-hydrogen) atoms. The lowest BCUT2D eigenvalue weighted by molar-refractivity contribution is 0.386. The zero-order valence-corrected chi connectivity index (χ0v) is 13.3. The minimum atomic E-state index is -0.447. The van der Waals surface area contributed by atoms with Gasteiger partial charge in [0.2, 0.25) is 0 Å². The van der Waals surface area contributed by atoms with Crippen LogP contribution < -0.4 is 5.32 Å². The molecule has 0 aliphatic heterocycles. The van der Waals surface area contributed by atoms with E-state index in [4.69, 9.17) is 0 Å². The highest BCUT2D eigenvalue weighted by molar-refractivity contribution is 5.33. The van der Waals surface area contributed by atoms with Crippen LogP contribution in [0.15, 0.2) is 12.1 Å². The molecule has 2 rings (SSSR count). The Bertz CT molecular complexity index is 506. The van der Waals surface area contributed by atoms with Crippen molar-refractivity contribution in [1.29, 1.82) is 0 Å². The Morgan fingerprint density at radius 2 is 1.70 bits per heavy atom. The number of nitrogens with one attached hydrogen (secondary N) is 1. The Kier molecular flexibility index (Phi) is 3.70. The van der Waals surface area contributed by atoms with E-state index in [1.54, 1.807) is 6.92 Å². The van der Waals surface area contributed by atoms with Crippen LogP contribution in [0.5, 0.6) is 0 Å². The van der Waals surface area contributed by atoms with Crippen LogP contribution in [-0.2, 0) is 0 Å². The summed E-state index contributed by atoms with van der Waals surface area (Å²) >= 11 is 0. The molecule has 1 nitrogen and oxygen atoms in total. The molecular formula is C17H25F2N. The van der Waals surface area contributed by atoms with Crippen molar-refractivity contribution in [3.05, 3.63) is 34.9 Å². The lowest BCUT2D eigenvalue weighted by atomic mass is 9.94. The van der Waals surface area contributed by atoms with Gasteiger partial charge in [-0.2, -0.15) is 0 Å². The topological polar surface area (TPSA) is 12.0 Å². The maximum atomic E-state index is 14.4. The summed E-state index contributed by atoms with van der Waals surface area (Å²) in [6, 6.07) is 2.60. The van der Waals surface area contributed by atoms with Crippen molar-refractivity contribution < 1.29 is 8.78 Å². The summed E-state index contributed by atoms with van der Waals surface area (Å²) in [6.45, 7) is 13.0. The smallest absolute Gasteiger partial charge is 0.133 e. The summed E-state index contributed by atoms with van der Waals surface area (Å²) in [7, 11) is 0. The van der Waals surface area contributed by atoms with Gasteiger partial charge in [-0.3, -0.25) is 0 Å². The highest BCUT2D eigenvalue weighted by Crippen LogP contribution is 2.72. The van der Waals surface area contributed by atoms with Gasteiger partial charge in [0.1, 0.15) is 11.6 Å². The third kappa shape index (κ3) is 2.07. The van der Waals surface area contributed by atoms with Crippen molar-refractivity contribution in [2.45, 2.75) is 47.6 Å². The highest BCUT2D eigenvalue weighted by atomic mass is 19.1. The van der Waals surface area contributed by atoms with Gasteiger partial charge in [-0.05, 0) is 41.8 Å². The summed E-state index contributed by atoms with van der Waals surface area (Å²) in [5.74, 6) is -0.632. The van der Waals surface area contributed by atoms with E-state index >= 15 is 0 Å². The number of benzene rings is 1. The quantitative estimate of drug-likeness (QED) is 0.850. The maximum absolute atomic E-state index is 14.4. The molecule has 1 fully saturated rings. The van der Waals surface area contributed by atoms with Gasteiger partial charge in [0.15, 0.2) is 0 Å². The largest absolute Gasteiger partial charge is 0.310 e. The lowest BCUT2D eigenvalue weighted by Crippen LogP contribution is -2.27. The van der Waals surface area contributed by atoms with Crippen LogP contribution in [0, 0.1) is 35.3 Å². The van der Waals surface area contributed by atoms with E-state index in [0.717, 1.165) is 0 Å². The second-order valence-electron chi connectivity index (χ2n) is 7.05. The van der Waals surface area contributed by atoms with Crippen molar-refractivity contribution in [1.82, 2.24) is 5.32 Å². The lowest BCUT2D eigenvalue weighted by Gasteiger charge is -2.22. The number of aryl methyl sites for hydroxylation is 1. The number of halogens is 2. The molecule has 0 radical (unpaired) electrons. The molecule has 0 aromatic heterocycles. The van der Waals surface area contributed by atoms with Gasteiger partial charge in [0, 0.05) is 11.6 Å². The summed E-state index contributed by atoms with van der Waals surface area (Å²) < 4.78 is 28.7. The Balaban J connectivity index is 2.49. The van der Waals surface area contributed by atoms with E-state index in [0.29, 0.717) is 12.1 Å². The molecule has 0 amide bonds. The molecule has 1 unspecified atom stereocenters. The van der Waals surface area contributed by atoms with Crippen LogP contribution >= 0.6 is 0 Å². The predicted octanol–water partition coefficient (Wildman–Crippen LogP) is 4.61. The molecule has 0 saturated heterocycles. The van der Waals surface area contributed by atoms with E-state index in [1.165, 1.54) is 12.1 Å². The van der Waals surface area contributed by atoms with Gasteiger partial charge < -0.3 is 5.32 Å². The van der Waals surface area contributed by atoms with E-state index in [1.807, 2.05) is 6.92 Å². The van der Waals surface area contributed by atoms with E-state index < -0.39 is 11.6 Å². The first-order valence-electron chi connectivity index (χ1n) is 7.34. The van der Waals surface area contributed by atoms with Gasteiger partial charge in [-0.25, -0.2) is 8.78 Å². The first-order chi connectivity index (χ1) is 9.16. The molecule has 1 aromatic rings. The summed E-state index contributed by atoms with van der Waals surface area (Å²) in [6.07, 6.45) is 0. The Morgan fingerprint density at radius 3 is 2.15 bits per heavy atom. The molecule has 1 aliphatic carbocycles. The van der Waals surface area contributed by atoms with Crippen LogP contribution in [0.3, 0.4) is 0 Å². The molecule has 0 heterocycles. The molecule has 1 aromatic carbocycles. The average molecular weight is 281 g/mol. The van der Waals surface area contributed by atoms with Crippen LogP contribution in [0.2, 0.25) is 0 Å². The molecule has 3 heteroatoms. The molecule has 1 atom stereocenters. The number of hydrogen-bond donors (Lipinski definition) is 1. The molecule has 0 spiro atoms. The molecule has 1 saturated carbocycles. The maximum Gasteiger partial charge on any atom is 0.133 e. The highest BCUT2D eigenvalue weighted by Gasteiger charge is 2.67. The average Bonchev–Trinajstić information content (AvgIpc) is 2.74. The normalized spacial score (nSPS) is 21.8. The SMILES string of the molecule is CCNC(c1c(F)ccc(C)c1F)C1C(C)(C)C1(C)C. The minimum absolute atomic E-state index is 0.0719. The van der Waals surface area contributed by atoms with E-state index in [-0.39, 0.29) is 28.4 Å². The fourth-order valence-corrected chi connectivity index (χ4v) is 3.65. The number of hydrogen-bond acceptors (Lipinski definition) is 1. The second kappa shape index (κ2) is 4.80. The van der Waals surface area contributed by atoms with Crippen LogP contribution in [0.4, 0.5) is 8.78 Å². The molecule has 112 valence electrons. The monoisotopic (exact) mass is 281 g/mol. The van der Waals surface area contributed by atoms with Crippen molar-refractivity contribution in [3.63, 3.8) is 0 Å². The summed E-state index contributed by atoms with van der Waals surface area (Å²) in [4.78, 5) is 0. The zero-order chi connectivity index (χ0) is 15.3. The van der Waals surface area contributed by atoms with Gasteiger partial charge in [-0.15, -0.1) is 0 Å². The Morgan fingerprint density at radius 1 is 1.15 bits per heavy atom. The summed E-state index contributed by atoms with van der Waals surface area (Å²) in [5.41, 5.74) is 0.848. The number of rotatable bonds is 4. The Hall–Kier alpha value is -0.960. The van der Waals surface area contributed by atoms with Gasteiger partial charge in [0.05, 0.1) is 0 Å². The van der Waals surface area contributed by atoms with Crippen molar-refractivity contribution in [2.24, 2.45) is 16.7 Å². The minimum Gasteiger partial charge on any atom is -0.310 e. The predicted molar refractivity (Wildman–Crippen MR) is 78.6 cm³/mol. The van der Waals surface area contributed by atoms with Crippen LogP contribution in [-0.4, -0.2) is 6.54 Å². The molecule has 1 aliphatic rings. The van der Waals surface area contributed by atoms with Gasteiger partial charge >= 0.3 is 0 Å². The summed E-state index contributed by atoms with van der Waals surface area (Å²) in [5, 5.41) is 3.30. The third-order valence-corrected chi connectivity index (χ3v) is 5.52. The van der Waals surface area contributed by atoms with Crippen molar-refractivity contribution in [3.8, 4) is 0 Å². The Labute approximate surface area is 120 Å². The van der Waals surface area contributed by atoms with Crippen LogP contribution in [0.1, 0.15) is 51.8 Å². The van der Waals surface area contributed by atoms with E-state index in [9.17, 15) is 8.78 Å². The molecule has 0 bridgehead atoms. The third-order valence-electron chi connectivity index (χ3n) is 5.52. The fraction of sp³-hybridized carbons (Fsp3) is 0.647. The first-order valence-corrected chi connectivity index (χ1v) is 7.34. The standard InChI is InChI=1S/C17H25F2N/c1-7-20-14(15-16(3,4)17(15,5)6)12-11(18)9-8-10(2)13(12)19/h8-9,14-15,20H,7H2,1-6H3. The van der Waals surface area contributed by atoms with Gasteiger partial charge in [0.25, 0.3) is 0 Å². The van der Waals surface area contributed by atoms with Crippen molar-refractivity contribution >= 4 is 0 Å². The van der Waals surface area contributed by atoms with Crippen LogP contribution in [0.25, 0.3) is 0 Å². The van der Waals surface area contributed by atoms with E-state index in [2.05, 4.69) is 33.0 Å². The van der Waals surface area contributed by atoms with Crippen molar-refractivity contribution in [2.75, 3.05) is 6.54 Å².